The van der Waals surface area contributed by atoms with Crippen LogP contribution in [0.25, 0.3) is 0 Å². The average molecular weight is 252 g/mol. The van der Waals surface area contributed by atoms with Crippen LogP contribution in [0.4, 0.5) is 5.69 Å². The fourth-order valence-corrected chi connectivity index (χ4v) is 2.60. The van der Waals surface area contributed by atoms with E-state index in [1.165, 1.54) is 32.1 Å². The van der Waals surface area contributed by atoms with Gasteiger partial charge in [-0.15, -0.1) is 0 Å². The molecular formula is C14H18ClNO. The number of rotatable bonds is 3. The number of amides is 1. The van der Waals surface area contributed by atoms with E-state index in [2.05, 4.69) is 5.32 Å². The van der Waals surface area contributed by atoms with Gasteiger partial charge in [-0.25, -0.2) is 0 Å². The molecule has 0 aliphatic heterocycles. The predicted molar refractivity (Wildman–Crippen MR) is 71.3 cm³/mol. The lowest BCUT2D eigenvalue weighted by Gasteiger charge is -2.20. The molecule has 1 saturated carbocycles. The Hall–Kier alpha value is -1.02. The second-order valence-electron chi connectivity index (χ2n) is 4.74. The summed E-state index contributed by atoms with van der Waals surface area (Å²) < 4.78 is 0. The lowest BCUT2D eigenvalue weighted by atomic mass is 9.87. The summed E-state index contributed by atoms with van der Waals surface area (Å²) in [5.41, 5.74) is 0.718. The van der Waals surface area contributed by atoms with Gasteiger partial charge >= 0.3 is 0 Å². The first-order chi connectivity index (χ1) is 8.25. The lowest BCUT2D eigenvalue weighted by molar-refractivity contribution is -0.117. The molecule has 1 N–H and O–H groups in total. The maximum Gasteiger partial charge on any atom is 0.224 e. The van der Waals surface area contributed by atoms with Crippen molar-refractivity contribution < 1.29 is 4.79 Å². The molecule has 2 rings (SSSR count). The highest BCUT2D eigenvalue weighted by atomic mass is 35.5. The number of para-hydroxylation sites is 1. The van der Waals surface area contributed by atoms with E-state index in [0.717, 1.165) is 5.69 Å². The number of halogens is 1. The van der Waals surface area contributed by atoms with Crippen molar-refractivity contribution in [3.05, 3.63) is 29.3 Å². The average Bonchev–Trinajstić information content (AvgIpc) is 2.33. The van der Waals surface area contributed by atoms with Crippen molar-refractivity contribution in [1.82, 2.24) is 0 Å². The number of nitrogens with one attached hydrogen (secondary N) is 1. The molecule has 2 nitrogen and oxygen atoms in total. The summed E-state index contributed by atoms with van der Waals surface area (Å²) in [6.45, 7) is 0. The summed E-state index contributed by atoms with van der Waals surface area (Å²) in [5, 5.41) is 3.49. The highest BCUT2D eigenvalue weighted by Crippen LogP contribution is 2.27. The van der Waals surface area contributed by atoms with Gasteiger partial charge in [-0.3, -0.25) is 4.79 Å². The van der Waals surface area contributed by atoms with Crippen molar-refractivity contribution >= 4 is 23.2 Å². The van der Waals surface area contributed by atoms with Crippen LogP contribution < -0.4 is 5.32 Å². The fourth-order valence-electron chi connectivity index (χ4n) is 2.42. The van der Waals surface area contributed by atoms with E-state index in [0.29, 0.717) is 17.4 Å². The van der Waals surface area contributed by atoms with E-state index < -0.39 is 0 Å². The van der Waals surface area contributed by atoms with Gasteiger partial charge in [-0.05, 0) is 30.9 Å². The molecule has 0 spiro atoms. The van der Waals surface area contributed by atoms with Crippen LogP contribution >= 0.6 is 11.6 Å². The highest BCUT2D eigenvalue weighted by Gasteiger charge is 2.17. The molecule has 0 unspecified atom stereocenters. The van der Waals surface area contributed by atoms with Crippen molar-refractivity contribution in [2.75, 3.05) is 5.32 Å². The van der Waals surface area contributed by atoms with Gasteiger partial charge in [-0.1, -0.05) is 43.0 Å². The summed E-state index contributed by atoms with van der Waals surface area (Å²) in [6.07, 6.45) is 6.87. The minimum absolute atomic E-state index is 0.0880. The van der Waals surface area contributed by atoms with Crippen molar-refractivity contribution in [3.63, 3.8) is 0 Å². The Kier molecular flexibility index (Phi) is 4.43. The number of hydrogen-bond donors (Lipinski definition) is 1. The first-order valence-corrected chi connectivity index (χ1v) is 6.68. The Morgan fingerprint density at radius 3 is 2.65 bits per heavy atom. The minimum Gasteiger partial charge on any atom is -0.325 e. The normalized spacial score (nSPS) is 16.8. The second kappa shape index (κ2) is 6.06. The monoisotopic (exact) mass is 251 g/mol. The lowest BCUT2D eigenvalue weighted by Crippen LogP contribution is -2.18. The number of anilines is 1. The summed E-state index contributed by atoms with van der Waals surface area (Å²) >= 11 is 6.00. The highest BCUT2D eigenvalue weighted by molar-refractivity contribution is 6.33. The quantitative estimate of drug-likeness (QED) is 0.855. The zero-order valence-electron chi connectivity index (χ0n) is 9.92. The molecule has 0 saturated heterocycles. The molecule has 1 aliphatic rings. The van der Waals surface area contributed by atoms with Crippen molar-refractivity contribution in [2.45, 2.75) is 38.5 Å². The maximum atomic E-state index is 11.9. The Morgan fingerprint density at radius 2 is 1.94 bits per heavy atom. The molecule has 0 radical (unpaired) electrons. The van der Waals surface area contributed by atoms with Crippen LogP contribution in [0.2, 0.25) is 5.02 Å². The topological polar surface area (TPSA) is 29.1 Å². The van der Waals surface area contributed by atoms with Crippen molar-refractivity contribution in [2.24, 2.45) is 5.92 Å². The third kappa shape index (κ3) is 3.74. The third-order valence-corrected chi connectivity index (χ3v) is 3.68. The SMILES string of the molecule is O=C(CC1CCCCC1)Nc1ccccc1Cl. The molecule has 1 amide bonds. The van der Waals surface area contributed by atoms with Gasteiger partial charge in [0.1, 0.15) is 0 Å². The predicted octanol–water partition coefficient (Wildman–Crippen LogP) is 4.25. The first kappa shape index (κ1) is 12.4. The van der Waals surface area contributed by atoms with Crippen LogP contribution in [0, 0.1) is 5.92 Å². The minimum atomic E-state index is 0.0880. The van der Waals surface area contributed by atoms with Crippen LogP contribution in [-0.4, -0.2) is 5.91 Å². The summed E-state index contributed by atoms with van der Waals surface area (Å²) in [6, 6.07) is 7.36. The number of hydrogen-bond acceptors (Lipinski definition) is 1. The molecule has 0 aromatic heterocycles. The van der Waals surface area contributed by atoms with Gasteiger partial charge in [0.2, 0.25) is 5.91 Å². The number of benzene rings is 1. The Balaban J connectivity index is 1.86. The van der Waals surface area contributed by atoms with E-state index in [-0.39, 0.29) is 5.91 Å². The van der Waals surface area contributed by atoms with Crippen LogP contribution in [0.15, 0.2) is 24.3 Å². The first-order valence-electron chi connectivity index (χ1n) is 6.30. The Bertz CT molecular complexity index is 386. The Morgan fingerprint density at radius 1 is 1.24 bits per heavy atom. The van der Waals surface area contributed by atoms with Crippen LogP contribution in [0.1, 0.15) is 38.5 Å². The standard InChI is InChI=1S/C14H18ClNO/c15-12-8-4-5-9-13(12)16-14(17)10-11-6-2-1-3-7-11/h4-5,8-9,11H,1-3,6-7,10H2,(H,16,17). The van der Waals surface area contributed by atoms with E-state index in [1.54, 1.807) is 6.07 Å². The van der Waals surface area contributed by atoms with Gasteiger partial charge in [0.05, 0.1) is 10.7 Å². The van der Waals surface area contributed by atoms with E-state index in [4.69, 9.17) is 11.6 Å². The van der Waals surface area contributed by atoms with Crippen LogP contribution in [0.5, 0.6) is 0 Å². The summed E-state index contributed by atoms with van der Waals surface area (Å²) in [7, 11) is 0. The van der Waals surface area contributed by atoms with Gasteiger partial charge < -0.3 is 5.32 Å². The molecule has 0 atom stereocenters. The van der Waals surface area contributed by atoms with E-state index in [1.807, 2.05) is 18.2 Å². The molecule has 0 bridgehead atoms. The zero-order chi connectivity index (χ0) is 12.1. The molecular weight excluding hydrogens is 234 g/mol. The molecule has 3 heteroatoms. The summed E-state index contributed by atoms with van der Waals surface area (Å²) in [5.74, 6) is 0.649. The van der Waals surface area contributed by atoms with Gasteiger partial charge in [0.15, 0.2) is 0 Å². The third-order valence-electron chi connectivity index (χ3n) is 3.35. The van der Waals surface area contributed by atoms with Crippen LogP contribution in [0.3, 0.4) is 0 Å². The maximum absolute atomic E-state index is 11.9. The van der Waals surface area contributed by atoms with Gasteiger partial charge in [-0.2, -0.15) is 0 Å². The van der Waals surface area contributed by atoms with Gasteiger partial charge in [0, 0.05) is 6.42 Å². The fraction of sp³-hybridized carbons (Fsp3) is 0.500. The van der Waals surface area contributed by atoms with Crippen molar-refractivity contribution in [1.29, 1.82) is 0 Å². The molecule has 1 aromatic carbocycles. The molecule has 1 aliphatic carbocycles. The van der Waals surface area contributed by atoms with Crippen LogP contribution in [-0.2, 0) is 4.79 Å². The smallest absolute Gasteiger partial charge is 0.224 e. The molecule has 1 aromatic rings. The van der Waals surface area contributed by atoms with E-state index in [9.17, 15) is 4.79 Å². The zero-order valence-corrected chi connectivity index (χ0v) is 10.7. The molecule has 92 valence electrons. The largest absolute Gasteiger partial charge is 0.325 e. The van der Waals surface area contributed by atoms with E-state index >= 15 is 0 Å². The molecule has 0 heterocycles. The van der Waals surface area contributed by atoms with Gasteiger partial charge in [0.25, 0.3) is 0 Å². The Labute approximate surface area is 107 Å². The van der Waals surface area contributed by atoms with Crippen molar-refractivity contribution in [3.8, 4) is 0 Å². The number of carbonyl (C=O) groups is 1. The second-order valence-corrected chi connectivity index (χ2v) is 5.14. The molecule has 17 heavy (non-hydrogen) atoms. The summed E-state index contributed by atoms with van der Waals surface area (Å²) in [4.78, 5) is 11.9. The molecule has 1 fully saturated rings. The number of carbonyl (C=O) groups excluding carboxylic acids is 1.